The van der Waals surface area contributed by atoms with Crippen molar-refractivity contribution in [2.45, 2.75) is 6.92 Å². The van der Waals surface area contributed by atoms with Gasteiger partial charge in [-0.2, -0.15) is 0 Å². The summed E-state index contributed by atoms with van der Waals surface area (Å²) in [4.78, 5) is 31.9. The SMILES string of the molecule is CCOC(=O)CNC(=O)CSCC(=O)O. The van der Waals surface area contributed by atoms with Crippen molar-refractivity contribution in [2.75, 3.05) is 24.7 Å². The number of amides is 1. The van der Waals surface area contributed by atoms with Crippen LogP contribution in [0.5, 0.6) is 0 Å². The molecule has 0 unspecified atom stereocenters. The lowest BCUT2D eigenvalue weighted by molar-refractivity contribution is -0.143. The molecule has 86 valence electrons. The third-order valence-corrected chi connectivity index (χ3v) is 2.11. The molecular weight excluding hydrogens is 222 g/mol. The van der Waals surface area contributed by atoms with Crippen LogP contribution in [0.15, 0.2) is 0 Å². The summed E-state index contributed by atoms with van der Waals surface area (Å²) in [5, 5.41) is 10.6. The number of hydrogen-bond acceptors (Lipinski definition) is 5. The van der Waals surface area contributed by atoms with Crippen molar-refractivity contribution >= 4 is 29.6 Å². The number of rotatable bonds is 7. The van der Waals surface area contributed by atoms with Crippen molar-refractivity contribution in [2.24, 2.45) is 0 Å². The van der Waals surface area contributed by atoms with Gasteiger partial charge in [0.1, 0.15) is 6.54 Å². The number of ether oxygens (including phenoxy) is 1. The maximum Gasteiger partial charge on any atom is 0.325 e. The van der Waals surface area contributed by atoms with E-state index < -0.39 is 11.9 Å². The number of nitrogens with one attached hydrogen (secondary N) is 1. The second-order valence-electron chi connectivity index (χ2n) is 2.47. The Morgan fingerprint density at radius 1 is 1.33 bits per heavy atom. The molecule has 0 bridgehead atoms. The molecule has 0 aliphatic carbocycles. The molecule has 6 nitrogen and oxygen atoms in total. The predicted octanol–water partition coefficient (Wildman–Crippen LogP) is -0.516. The molecule has 15 heavy (non-hydrogen) atoms. The number of hydrogen-bond donors (Lipinski definition) is 2. The molecule has 0 fully saturated rings. The zero-order valence-corrected chi connectivity index (χ0v) is 9.13. The fourth-order valence-electron chi connectivity index (χ4n) is 0.665. The molecule has 0 saturated carbocycles. The van der Waals surface area contributed by atoms with Gasteiger partial charge in [0.15, 0.2) is 0 Å². The van der Waals surface area contributed by atoms with Crippen LogP contribution in [0, 0.1) is 0 Å². The molecule has 0 aromatic heterocycles. The summed E-state index contributed by atoms with van der Waals surface area (Å²) in [7, 11) is 0. The van der Waals surface area contributed by atoms with E-state index in [0.717, 1.165) is 11.8 Å². The van der Waals surface area contributed by atoms with E-state index >= 15 is 0 Å². The molecule has 1 amide bonds. The van der Waals surface area contributed by atoms with E-state index in [-0.39, 0.29) is 30.6 Å². The average molecular weight is 235 g/mol. The van der Waals surface area contributed by atoms with E-state index in [0.29, 0.717) is 0 Å². The van der Waals surface area contributed by atoms with Crippen LogP contribution in [0.3, 0.4) is 0 Å². The highest BCUT2D eigenvalue weighted by atomic mass is 32.2. The van der Waals surface area contributed by atoms with Crippen molar-refractivity contribution in [3.8, 4) is 0 Å². The van der Waals surface area contributed by atoms with Gasteiger partial charge < -0.3 is 15.2 Å². The van der Waals surface area contributed by atoms with Gasteiger partial charge in [0.25, 0.3) is 0 Å². The van der Waals surface area contributed by atoms with E-state index in [9.17, 15) is 14.4 Å². The number of aliphatic carboxylic acids is 1. The van der Waals surface area contributed by atoms with Gasteiger partial charge in [-0.15, -0.1) is 11.8 Å². The van der Waals surface area contributed by atoms with Crippen molar-refractivity contribution in [3.05, 3.63) is 0 Å². The molecule has 0 radical (unpaired) electrons. The topological polar surface area (TPSA) is 92.7 Å². The first-order valence-electron chi connectivity index (χ1n) is 4.28. The van der Waals surface area contributed by atoms with Crippen LogP contribution < -0.4 is 5.32 Å². The summed E-state index contributed by atoms with van der Waals surface area (Å²) < 4.78 is 4.58. The Morgan fingerprint density at radius 2 is 2.00 bits per heavy atom. The van der Waals surface area contributed by atoms with Gasteiger partial charge in [-0.05, 0) is 6.92 Å². The number of carboxylic acids is 1. The average Bonchev–Trinajstić information content (AvgIpc) is 2.14. The highest BCUT2D eigenvalue weighted by Gasteiger charge is 2.06. The standard InChI is InChI=1S/C8H13NO5S/c1-2-14-8(13)3-9-6(10)4-15-5-7(11)12/h2-5H2,1H3,(H,9,10)(H,11,12). The maximum absolute atomic E-state index is 11.0. The molecule has 0 saturated heterocycles. The molecular formula is C8H13NO5S. The Kier molecular flexibility index (Phi) is 7.43. The number of carbonyl (C=O) groups is 3. The van der Waals surface area contributed by atoms with E-state index in [2.05, 4.69) is 10.1 Å². The van der Waals surface area contributed by atoms with Crippen LogP contribution in [0.25, 0.3) is 0 Å². The summed E-state index contributed by atoms with van der Waals surface area (Å²) in [6.07, 6.45) is 0. The molecule has 0 rings (SSSR count). The Balaban J connectivity index is 3.49. The van der Waals surface area contributed by atoms with Crippen molar-refractivity contribution in [1.82, 2.24) is 5.32 Å². The number of esters is 1. The molecule has 2 N–H and O–H groups in total. The molecule has 0 aromatic rings. The van der Waals surface area contributed by atoms with Crippen molar-refractivity contribution < 1.29 is 24.2 Å². The molecule has 0 heterocycles. The minimum absolute atomic E-state index is 0.0195. The second kappa shape index (κ2) is 8.10. The van der Waals surface area contributed by atoms with Crippen LogP contribution in [-0.4, -0.2) is 47.6 Å². The first kappa shape index (κ1) is 13.8. The quantitative estimate of drug-likeness (QED) is 0.577. The van der Waals surface area contributed by atoms with Crippen LogP contribution in [-0.2, 0) is 19.1 Å². The lowest BCUT2D eigenvalue weighted by atomic mass is 10.6. The summed E-state index contributed by atoms with van der Waals surface area (Å²) in [5.74, 6) is -1.97. The van der Waals surface area contributed by atoms with Crippen LogP contribution in [0.4, 0.5) is 0 Å². The van der Waals surface area contributed by atoms with Gasteiger partial charge in [-0.1, -0.05) is 0 Å². The molecule has 0 spiro atoms. The van der Waals surface area contributed by atoms with Crippen LogP contribution >= 0.6 is 11.8 Å². The van der Waals surface area contributed by atoms with Gasteiger partial charge in [-0.25, -0.2) is 0 Å². The van der Waals surface area contributed by atoms with E-state index in [1.54, 1.807) is 6.92 Å². The summed E-state index contributed by atoms with van der Waals surface area (Å²) in [6.45, 7) is 1.76. The Labute approximate surface area is 91.4 Å². The van der Waals surface area contributed by atoms with Gasteiger partial charge in [-0.3, -0.25) is 14.4 Å². The van der Waals surface area contributed by atoms with Crippen molar-refractivity contribution in [1.29, 1.82) is 0 Å². The third kappa shape index (κ3) is 9.07. The monoisotopic (exact) mass is 235 g/mol. The first-order valence-corrected chi connectivity index (χ1v) is 5.43. The normalized spacial score (nSPS) is 9.40. The molecule has 0 aromatic carbocycles. The van der Waals surface area contributed by atoms with E-state index in [1.807, 2.05) is 0 Å². The van der Waals surface area contributed by atoms with Gasteiger partial charge >= 0.3 is 11.9 Å². The van der Waals surface area contributed by atoms with Crippen LogP contribution in [0.2, 0.25) is 0 Å². The highest BCUT2D eigenvalue weighted by Crippen LogP contribution is 1.97. The Hall–Kier alpha value is -1.24. The predicted molar refractivity (Wildman–Crippen MR) is 54.6 cm³/mol. The van der Waals surface area contributed by atoms with Gasteiger partial charge in [0, 0.05) is 0 Å². The maximum atomic E-state index is 11.0. The lowest BCUT2D eigenvalue weighted by Gasteiger charge is -2.03. The summed E-state index contributed by atoms with van der Waals surface area (Å²) >= 11 is 0.971. The number of carboxylic acid groups (broad SMARTS) is 1. The molecule has 7 heteroatoms. The smallest absolute Gasteiger partial charge is 0.325 e. The summed E-state index contributed by atoms with van der Waals surface area (Å²) in [5.41, 5.74) is 0. The van der Waals surface area contributed by atoms with Crippen LogP contribution in [0.1, 0.15) is 6.92 Å². The zero-order chi connectivity index (χ0) is 11.7. The molecule has 0 atom stereocenters. The largest absolute Gasteiger partial charge is 0.481 e. The minimum atomic E-state index is -0.974. The fourth-order valence-corrected chi connectivity index (χ4v) is 1.23. The Morgan fingerprint density at radius 3 is 2.53 bits per heavy atom. The minimum Gasteiger partial charge on any atom is -0.481 e. The van der Waals surface area contributed by atoms with Crippen molar-refractivity contribution in [3.63, 3.8) is 0 Å². The lowest BCUT2D eigenvalue weighted by Crippen LogP contribution is -2.32. The fraction of sp³-hybridized carbons (Fsp3) is 0.625. The van der Waals surface area contributed by atoms with Gasteiger partial charge in [0.2, 0.25) is 5.91 Å². The Bertz CT molecular complexity index is 243. The highest BCUT2D eigenvalue weighted by molar-refractivity contribution is 8.00. The number of thioether (sulfide) groups is 1. The van der Waals surface area contributed by atoms with E-state index in [1.165, 1.54) is 0 Å². The van der Waals surface area contributed by atoms with E-state index in [4.69, 9.17) is 5.11 Å². The third-order valence-electron chi connectivity index (χ3n) is 1.19. The number of carbonyl (C=O) groups excluding carboxylic acids is 2. The summed E-state index contributed by atoms with van der Waals surface area (Å²) in [6, 6.07) is 0. The second-order valence-corrected chi connectivity index (χ2v) is 3.45. The molecule has 0 aliphatic heterocycles. The zero-order valence-electron chi connectivity index (χ0n) is 8.32. The van der Waals surface area contributed by atoms with Gasteiger partial charge in [0.05, 0.1) is 18.1 Å². The molecule has 0 aliphatic rings. The first-order chi connectivity index (χ1) is 7.06.